The Morgan fingerprint density at radius 1 is 1.20 bits per heavy atom. The first-order chi connectivity index (χ1) is 9.80. The summed E-state index contributed by atoms with van der Waals surface area (Å²) in [5.74, 6) is 1.96. The molecule has 106 valence electrons. The third-order valence-electron chi connectivity index (χ3n) is 2.71. The van der Waals surface area contributed by atoms with E-state index in [1.165, 1.54) is 6.33 Å². The average molecular weight is 290 g/mol. The summed E-state index contributed by atoms with van der Waals surface area (Å²) in [5, 5.41) is 6.47. The summed E-state index contributed by atoms with van der Waals surface area (Å²) in [6, 6.07) is 8.07. The van der Waals surface area contributed by atoms with Crippen molar-refractivity contribution >= 4 is 29.1 Å². The highest BCUT2D eigenvalue weighted by Gasteiger charge is 2.12. The molecular formula is C14H18N4OS. The molecule has 0 saturated carbocycles. The fourth-order valence-corrected chi connectivity index (χ4v) is 2.38. The van der Waals surface area contributed by atoms with Crippen LogP contribution in [0.25, 0.3) is 0 Å². The van der Waals surface area contributed by atoms with Gasteiger partial charge in [-0.05, 0) is 25.3 Å². The summed E-state index contributed by atoms with van der Waals surface area (Å²) >= 11 is 1.68. The number of ether oxygens (including phenoxy) is 1. The minimum absolute atomic E-state index is 0.616. The number of thioether (sulfide) groups is 1. The molecule has 6 heteroatoms. The topological polar surface area (TPSA) is 59.1 Å². The van der Waals surface area contributed by atoms with Gasteiger partial charge in [0.1, 0.15) is 6.33 Å². The molecule has 1 heterocycles. The molecule has 0 aliphatic rings. The lowest BCUT2D eigenvalue weighted by Crippen LogP contribution is -2.06. The van der Waals surface area contributed by atoms with Crippen LogP contribution < -0.4 is 15.4 Å². The van der Waals surface area contributed by atoms with Crippen molar-refractivity contribution in [3.63, 3.8) is 0 Å². The predicted octanol–water partition coefficient (Wildman–Crippen LogP) is 3.38. The lowest BCUT2D eigenvalue weighted by molar-refractivity contribution is 0.415. The maximum Gasteiger partial charge on any atom is 0.204 e. The molecule has 0 saturated heterocycles. The molecule has 1 aromatic carbocycles. The van der Waals surface area contributed by atoms with E-state index in [-0.39, 0.29) is 0 Å². The van der Waals surface area contributed by atoms with Crippen molar-refractivity contribution in [1.29, 1.82) is 0 Å². The van der Waals surface area contributed by atoms with Crippen LogP contribution in [0.4, 0.5) is 17.3 Å². The third-order valence-corrected chi connectivity index (χ3v) is 3.51. The summed E-state index contributed by atoms with van der Waals surface area (Å²) in [6.45, 7) is 2.78. The number of rotatable bonds is 6. The molecule has 0 amide bonds. The molecule has 2 N–H and O–H groups in total. The van der Waals surface area contributed by atoms with E-state index in [9.17, 15) is 0 Å². The maximum atomic E-state index is 5.42. The Morgan fingerprint density at radius 2 is 1.95 bits per heavy atom. The fraction of sp³-hybridized carbons (Fsp3) is 0.286. The minimum Gasteiger partial charge on any atom is -0.490 e. The van der Waals surface area contributed by atoms with Gasteiger partial charge in [-0.25, -0.2) is 9.97 Å². The predicted molar refractivity (Wildman–Crippen MR) is 84.3 cm³/mol. The summed E-state index contributed by atoms with van der Waals surface area (Å²) in [4.78, 5) is 9.61. The normalized spacial score (nSPS) is 10.2. The molecule has 5 nitrogen and oxygen atoms in total. The Labute approximate surface area is 123 Å². The van der Waals surface area contributed by atoms with Gasteiger partial charge in [0.25, 0.3) is 0 Å². The number of anilines is 3. The zero-order valence-electron chi connectivity index (χ0n) is 11.8. The number of methoxy groups -OCH3 is 1. The second-order valence-corrected chi connectivity index (χ2v) is 4.81. The van der Waals surface area contributed by atoms with Crippen LogP contribution in [0.3, 0.4) is 0 Å². The molecule has 20 heavy (non-hydrogen) atoms. The molecule has 1 aromatic heterocycles. The van der Waals surface area contributed by atoms with Gasteiger partial charge in [-0.15, -0.1) is 11.8 Å². The lowest BCUT2D eigenvalue weighted by atomic mass is 10.3. The van der Waals surface area contributed by atoms with Crippen molar-refractivity contribution in [2.24, 2.45) is 0 Å². The Hall–Kier alpha value is -1.95. The van der Waals surface area contributed by atoms with Crippen molar-refractivity contribution in [1.82, 2.24) is 9.97 Å². The van der Waals surface area contributed by atoms with Crippen molar-refractivity contribution in [3.8, 4) is 5.75 Å². The number of para-hydroxylation sites is 1. The van der Waals surface area contributed by atoms with Crippen molar-refractivity contribution in [2.75, 3.05) is 30.5 Å². The molecule has 0 radical (unpaired) electrons. The smallest absolute Gasteiger partial charge is 0.204 e. The van der Waals surface area contributed by atoms with E-state index < -0.39 is 0 Å². The number of aromatic nitrogens is 2. The SMILES string of the molecule is CCNc1ncnc(Nc2ccccc2SC)c1OC. The number of hydrogen-bond acceptors (Lipinski definition) is 6. The molecule has 0 aliphatic heterocycles. The fourth-order valence-electron chi connectivity index (χ4n) is 1.82. The minimum atomic E-state index is 0.616. The van der Waals surface area contributed by atoms with E-state index in [0.717, 1.165) is 17.1 Å². The number of nitrogens with one attached hydrogen (secondary N) is 2. The van der Waals surface area contributed by atoms with Gasteiger partial charge in [0.15, 0.2) is 11.6 Å². The first kappa shape index (κ1) is 14.5. The zero-order valence-corrected chi connectivity index (χ0v) is 12.6. The van der Waals surface area contributed by atoms with Crippen LogP contribution >= 0.6 is 11.8 Å². The standard InChI is InChI=1S/C14H18N4OS/c1-4-15-13-12(19-2)14(17-9-16-13)18-10-7-5-6-8-11(10)20-3/h5-9H,4H2,1-3H3,(H2,15,16,17,18). The van der Waals surface area contributed by atoms with Gasteiger partial charge in [0.2, 0.25) is 5.75 Å². The van der Waals surface area contributed by atoms with Crippen LogP contribution in [0.15, 0.2) is 35.5 Å². The van der Waals surface area contributed by atoms with E-state index in [1.807, 2.05) is 31.4 Å². The number of hydrogen-bond donors (Lipinski definition) is 2. The van der Waals surface area contributed by atoms with Crippen LogP contribution in [-0.2, 0) is 0 Å². The van der Waals surface area contributed by atoms with Crippen LogP contribution in [-0.4, -0.2) is 29.9 Å². The number of nitrogens with zero attached hydrogens (tertiary/aromatic N) is 2. The van der Waals surface area contributed by atoms with E-state index in [0.29, 0.717) is 17.4 Å². The molecule has 0 unspecified atom stereocenters. The van der Waals surface area contributed by atoms with Gasteiger partial charge in [0, 0.05) is 11.4 Å². The van der Waals surface area contributed by atoms with E-state index >= 15 is 0 Å². The number of benzene rings is 1. The van der Waals surface area contributed by atoms with Gasteiger partial charge in [0.05, 0.1) is 12.8 Å². The Morgan fingerprint density at radius 3 is 2.65 bits per heavy atom. The molecule has 0 spiro atoms. The summed E-state index contributed by atoms with van der Waals surface area (Å²) in [7, 11) is 1.62. The van der Waals surface area contributed by atoms with Gasteiger partial charge < -0.3 is 15.4 Å². The second-order valence-electron chi connectivity index (χ2n) is 3.96. The van der Waals surface area contributed by atoms with E-state index in [4.69, 9.17) is 4.74 Å². The quantitative estimate of drug-likeness (QED) is 0.795. The summed E-state index contributed by atoms with van der Waals surface area (Å²) in [6.07, 6.45) is 3.56. The second kappa shape index (κ2) is 7.00. The highest BCUT2D eigenvalue weighted by Crippen LogP contribution is 2.34. The molecular weight excluding hydrogens is 272 g/mol. The molecule has 2 rings (SSSR count). The Bertz CT molecular complexity index is 577. The summed E-state index contributed by atoms with van der Waals surface area (Å²) < 4.78 is 5.42. The van der Waals surface area contributed by atoms with Gasteiger partial charge in [-0.1, -0.05) is 12.1 Å². The van der Waals surface area contributed by atoms with Gasteiger partial charge in [-0.2, -0.15) is 0 Å². The molecule has 0 bridgehead atoms. The third kappa shape index (κ3) is 3.14. The van der Waals surface area contributed by atoms with Crippen LogP contribution in [0.2, 0.25) is 0 Å². The van der Waals surface area contributed by atoms with E-state index in [2.05, 4.69) is 26.7 Å². The Kier molecular flexibility index (Phi) is 5.06. The molecule has 0 atom stereocenters. The Balaban J connectivity index is 2.35. The van der Waals surface area contributed by atoms with Crippen LogP contribution in [0.5, 0.6) is 5.75 Å². The van der Waals surface area contributed by atoms with E-state index in [1.54, 1.807) is 18.9 Å². The van der Waals surface area contributed by atoms with Gasteiger partial charge >= 0.3 is 0 Å². The first-order valence-electron chi connectivity index (χ1n) is 6.33. The molecule has 0 aliphatic carbocycles. The van der Waals surface area contributed by atoms with Crippen LogP contribution in [0.1, 0.15) is 6.92 Å². The summed E-state index contributed by atoms with van der Waals surface area (Å²) in [5.41, 5.74) is 0.999. The maximum absolute atomic E-state index is 5.42. The zero-order chi connectivity index (χ0) is 14.4. The van der Waals surface area contributed by atoms with Crippen molar-refractivity contribution < 1.29 is 4.74 Å². The van der Waals surface area contributed by atoms with Crippen LogP contribution in [0, 0.1) is 0 Å². The monoisotopic (exact) mass is 290 g/mol. The largest absolute Gasteiger partial charge is 0.490 e. The van der Waals surface area contributed by atoms with Crippen molar-refractivity contribution in [2.45, 2.75) is 11.8 Å². The highest BCUT2D eigenvalue weighted by atomic mass is 32.2. The van der Waals surface area contributed by atoms with Gasteiger partial charge in [-0.3, -0.25) is 0 Å². The average Bonchev–Trinajstić information content (AvgIpc) is 2.48. The molecule has 0 fully saturated rings. The first-order valence-corrected chi connectivity index (χ1v) is 7.55. The highest BCUT2D eigenvalue weighted by molar-refractivity contribution is 7.98. The van der Waals surface area contributed by atoms with Crippen molar-refractivity contribution in [3.05, 3.63) is 30.6 Å². The molecule has 2 aromatic rings. The lowest BCUT2D eigenvalue weighted by Gasteiger charge is -2.15.